The highest BCUT2D eigenvalue weighted by Gasteiger charge is 2.24. The van der Waals surface area contributed by atoms with Gasteiger partial charge in [0, 0.05) is 51.0 Å². The van der Waals surface area contributed by atoms with Gasteiger partial charge >= 0.3 is 6.03 Å². The molecular formula is C24H31FN4O. The molecule has 0 bridgehead atoms. The largest absolute Gasteiger partial charge is 0.371 e. The van der Waals surface area contributed by atoms with Crippen LogP contribution >= 0.6 is 0 Å². The Kier molecular flexibility index (Phi) is 6.84. The van der Waals surface area contributed by atoms with E-state index in [1.54, 1.807) is 0 Å². The highest BCUT2D eigenvalue weighted by molar-refractivity contribution is 5.74. The summed E-state index contributed by atoms with van der Waals surface area (Å²) < 4.78 is 13.1. The van der Waals surface area contributed by atoms with Crippen LogP contribution in [0.25, 0.3) is 0 Å². The standard InChI is InChI=1S/C24H31FN4O/c25-21-6-8-23(9-7-21)29-15-10-20(18-29)16-26-24(30)27-22-11-13-28(14-12-22)17-19-4-2-1-3-5-19/h1-9,20,22H,10-18H2,(H2,26,27,30). The van der Waals surface area contributed by atoms with Crippen molar-refractivity contribution in [2.75, 3.05) is 37.6 Å². The molecule has 2 amide bonds. The van der Waals surface area contributed by atoms with Crippen molar-refractivity contribution < 1.29 is 9.18 Å². The third-order valence-electron chi connectivity index (χ3n) is 6.20. The van der Waals surface area contributed by atoms with Crippen LogP contribution in [0.1, 0.15) is 24.8 Å². The smallest absolute Gasteiger partial charge is 0.315 e. The normalized spacial score (nSPS) is 20.3. The van der Waals surface area contributed by atoms with Crippen molar-refractivity contribution in [2.24, 2.45) is 5.92 Å². The summed E-state index contributed by atoms with van der Waals surface area (Å²) in [4.78, 5) is 17.0. The van der Waals surface area contributed by atoms with Crippen molar-refractivity contribution in [3.8, 4) is 0 Å². The quantitative estimate of drug-likeness (QED) is 0.765. The van der Waals surface area contributed by atoms with Gasteiger partial charge in [-0.15, -0.1) is 0 Å². The number of halogens is 1. The number of likely N-dealkylation sites (tertiary alicyclic amines) is 1. The molecular weight excluding hydrogens is 379 g/mol. The molecule has 5 nitrogen and oxygen atoms in total. The van der Waals surface area contributed by atoms with Crippen LogP contribution in [0.4, 0.5) is 14.9 Å². The molecule has 2 N–H and O–H groups in total. The van der Waals surface area contributed by atoms with E-state index in [1.807, 2.05) is 18.2 Å². The fourth-order valence-electron chi connectivity index (χ4n) is 4.44. The maximum atomic E-state index is 13.1. The van der Waals surface area contributed by atoms with Gasteiger partial charge in [0.15, 0.2) is 0 Å². The number of nitrogens with zero attached hydrogens (tertiary/aromatic N) is 2. The highest BCUT2D eigenvalue weighted by Crippen LogP contribution is 2.23. The van der Waals surface area contributed by atoms with Gasteiger partial charge in [-0.05, 0) is 55.0 Å². The molecule has 2 aliphatic heterocycles. The summed E-state index contributed by atoms with van der Waals surface area (Å²) in [5, 5.41) is 6.20. The summed E-state index contributed by atoms with van der Waals surface area (Å²) in [5.74, 6) is 0.215. The molecule has 0 saturated carbocycles. The lowest BCUT2D eigenvalue weighted by molar-refractivity contribution is 0.186. The van der Waals surface area contributed by atoms with Crippen LogP contribution < -0.4 is 15.5 Å². The number of piperidine rings is 1. The first-order chi connectivity index (χ1) is 14.7. The van der Waals surface area contributed by atoms with Crippen molar-refractivity contribution in [1.82, 2.24) is 15.5 Å². The van der Waals surface area contributed by atoms with Crippen LogP contribution in [0.15, 0.2) is 54.6 Å². The van der Waals surface area contributed by atoms with Crippen molar-refractivity contribution >= 4 is 11.7 Å². The average Bonchev–Trinajstić information content (AvgIpc) is 3.24. The second-order valence-corrected chi connectivity index (χ2v) is 8.47. The van der Waals surface area contributed by atoms with Gasteiger partial charge in [-0.3, -0.25) is 4.90 Å². The second kappa shape index (κ2) is 9.94. The minimum atomic E-state index is -0.210. The van der Waals surface area contributed by atoms with E-state index in [2.05, 4.69) is 44.7 Å². The number of hydrogen-bond acceptors (Lipinski definition) is 3. The number of urea groups is 1. The molecule has 0 aliphatic carbocycles. The molecule has 6 heteroatoms. The van der Waals surface area contributed by atoms with Gasteiger partial charge in [-0.25, -0.2) is 9.18 Å². The fourth-order valence-corrected chi connectivity index (χ4v) is 4.44. The Balaban J connectivity index is 1.13. The summed E-state index contributed by atoms with van der Waals surface area (Å²) in [7, 11) is 0. The first kappa shape index (κ1) is 20.7. The van der Waals surface area contributed by atoms with Gasteiger partial charge in [-0.1, -0.05) is 30.3 Å². The zero-order valence-corrected chi connectivity index (χ0v) is 17.4. The summed E-state index contributed by atoms with van der Waals surface area (Å²) in [6.45, 7) is 5.51. The molecule has 0 aromatic heterocycles. The van der Waals surface area contributed by atoms with E-state index in [0.717, 1.165) is 57.7 Å². The Hall–Kier alpha value is -2.60. The zero-order valence-electron chi connectivity index (χ0n) is 17.4. The van der Waals surface area contributed by atoms with Gasteiger partial charge in [0.2, 0.25) is 0 Å². The first-order valence-corrected chi connectivity index (χ1v) is 11.0. The van der Waals surface area contributed by atoms with E-state index < -0.39 is 0 Å². The third-order valence-corrected chi connectivity index (χ3v) is 6.20. The van der Waals surface area contributed by atoms with Crippen LogP contribution in [-0.4, -0.2) is 49.7 Å². The second-order valence-electron chi connectivity index (χ2n) is 8.47. The van der Waals surface area contributed by atoms with Gasteiger partial charge in [0.05, 0.1) is 0 Å². The number of benzene rings is 2. The van der Waals surface area contributed by atoms with Crippen molar-refractivity contribution in [2.45, 2.75) is 31.8 Å². The molecule has 1 unspecified atom stereocenters. The Morgan fingerprint density at radius 3 is 2.43 bits per heavy atom. The molecule has 2 aliphatic rings. The highest BCUT2D eigenvalue weighted by atomic mass is 19.1. The Morgan fingerprint density at radius 2 is 1.70 bits per heavy atom. The zero-order chi connectivity index (χ0) is 20.8. The van der Waals surface area contributed by atoms with Gasteiger partial charge in [0.25, 0.3) is 0 Å². The van der Waals surface area contributed by atoms with Crippen LogP contribution in [0.2, 0.25) is 0 Å². The summed E-state index contributed by atoms with van der Waals surface area (Å²) in [5.41, 5.74) is 2.39. The lowest BCUT2D eigenvalue weighted by Crippen LogP contribution is -2.48. The Morgan fingerprint density at radius 1 is 0.967 bits per heavy atom. The fraction of sp³-hybridized carbons (Fsp3) is 0.458. The van der Waals surface area contributed by atoms with Crippen LogP contribution in [-0.2, 0) is 6.54 Å². The molecule has 0 spiro atoms. The maximum Gasteiger partial charge on any atom is 0.315 e. The minimum Gasteiger partial charge on any atom is -0.371 e. The number of nitrogens with one attached hydrogen (secondary N) is 2. The number of carbonyl (C=O) groups is 1. The first-order valence-electron chi connectivity index (χ1n) is 11.0. The van der Waals surface area contributed by atoms with Gasteiger partial charge in [0.1, 0.15) is 5.82 Å². The van der Waals surface area contributed by atoms with Crippen LogP contribution in [0.3, 0.4) is 0 Å². The Bertz CT molecular complexity index is 806. The number of hydrogen-bond donors (Lipinski definition) is 2. The predicted molar refractivity (Wildman–Crippen MR) is 118 cm³/mol. The molecule has 160 valence electrons. The topological polar surface area (TPSA) is 47.6 Å². The molecule has 0 radical (unpaired) electrons. The average molecular weight is 411 g/mol. The van der Waals surface area contributed by atoms with E-state index in [0.29, 0.717) is 12.5 Å². The Labute approximate surface area is 178 Å². The van der Waals surface area contributed by atoms with E-state index in [1.165, 1.54) is 17.7 Å². The molecule has 4 rings (SSSR count). The molecule has 2 saturated heterocycles. The summed E-state index contributed by atoms with van der Waals surface area (Å²) >= 11 is 0. The van der Waals surface area contributed by atoms with Crippen molar-refractivity contribution in [1.29, 1.82) is 0 Å². The van der Waals surface area contributed by atoms with E-state index in [9.17, 15) is 9.18 Å². The number of rotatable bonds is 6. The lowest BCUT2D eigenvalue weighted by Gasteiger charge is -2.32. The molecule has 2 aromatic rings. The number of amides is 2. The molecule has 30 heavy (non-hydrogen) atoms. The van der Waals surface area contributed by atoms with Crippen molar-refractivity contribution in [3.05, 3.63) is 66.0 Å². The van der Waals surface area contributed by atoms with E-state index >= 15 is 0 Å². The minimum absolute atomic E-state index is 0.0586. The van der Waals surface area contributed by atoms with Crippen LogP contribution in [0.5, 0.6) is 0 Å². The van der Waals surface area contributed by atoms with Crippen molar-refractivity contribution in [3.63, 3.8) is 0 Å². The lowest BCUT2D eigenvalue weighted by atomic mass is 10.0. The molecule has 2 heterocycles. The molecule has 1 atom stereocenters. The predicted octanol–water partition coefficient (Wildman–Crippen LogP) is 3.62. The SMILES string of the molecule is O=C(NCC1CCN(c2ccc(F)cc2)C1)NC1CCN(Cc2ccccc2)CC1. The maximum absolute atomic E-state index is 13.1. The van der Waals surface area contributed by atoms with E-state index in [-0.39, 0.29) is 17.9 Å². The number of anilines is 1. The molecule has 2 fully saturated rings. The molecule has 2 aromatic carbocycles. The van der Waals surface area contributed by atoms with E-state index in [4.69, 9.17) is 0 Å². The monoisotopic (exact) mass is 410 g/mol. The van der Waals surface area contributed by atoms with Gasteiger partial charge < -0.3 is 15.5 Å². The summed E-state index contributed by atoms with van der Waals surface area (Å²) in [6, 6.07) is 17.4. The van der Waals surface area contributed by atoms with Gasteiger partial charge in [-0.2, -0.15) is 0 Å². The number of carbonyl (C=O) groups excluding carboxylic acids is 1. The summed E-state index contributed by atoms with van der Waals surface area (Å²) in [6.07, 6.45) is 3.01. The third kappa shape index (κ3) is 5.72. The van der Waals surface area contributed by atoms with Crippen LogP contribution in [0, 0.1) is 11.7 Å².